The lowest BCUT2D eigenvalue weighted by atomic mass is 10.3. The molecule has 0 spiro atoms. The average molecular weight is 325 g/mol. The fourth-order valence-electron chi connectivity index (χ4n) is 1.08. The third-order valence-electron chi connectivity index (χ3n) is 2.02. The SMILES string of the molecule is CCCNc1ncc(Br)c(NCC(F)(F)CO)n1. The highest BCUT2D eigenvalue weighted by Gasteiger charge is 2.27. The van der Waals surface area contributed by atoms with Gasteiger partial charge in [-0.1, -0.05) is 6.92 Å². The highest BCUT2D eigenvalue weighted by Crippen LogP contribution is 2.22. The number of hydrogen-bond donors (Lipinski definition) is 3. The molecule has 0 fully saturated rings. The van der Waals surface area contributed by atoms with Crippen molar-refractivity contribution >= 4 is 27.7 Å². The van der Waals surface area contributed by atoms with Gasteiger partial charge < -0.3 is 15.7 Å². The van der Waals surface area contributed by atoms with Crippen molar-refractivity contribution in [2.45, 2.75) is 19.3 Å². The van der Waals surface area contributed by atoms with Crippen molar-refractivity contribution in [2.75, 3.05) is 30.3 Å². The van der Waals surface area contributed by atoms with Gasteiger partial charge in [-0.3, -0.25) is 0 Å². The van der Waals surface area contributed by atoms with Crippen LogP contribution in [0.5, 0.6) is 0 Å². The molecule has 0 amide bonds. The minimum atomic E-state index is -3.18. The summed E-state index contributed by atoms with van der Waals surface area (Å²) in [6.07, 6.45) is 2.38. The molecule has 0 aliphatic rings. The van der Waals surface area contributed by atoms with Gasteiger partial charge >= 0.3 is 0 Å². The topological polar surface area (TPSA) is 70.1 Å². The molecular weight excluding hydrogens is 310 g/mol. The predicted molar refractivity (Wildman–Crippen MR) is 69.0 cm³/mol. The summed E-state index contributed by atoms with van der Waals surface area (Å²) in [5, 5.41) is 13.9. The molecule has 102 valence electrons. The number of anilines is 2. The maximum Gasteiger partial charge on any atom is 0.287 e. The minimum absolute atomic E-state index is 0.261. The van der Waals surface area contributed by atoms with Gasteiger partial charge in [0.05, 0.1) is 11.0 Å². The van der Waals surface area contributed by atoms with Crippen LogP contribution in [0.3, 0.4) is 0 Å². The molecule has 18 heavy (non-hydrogen) atoms. The van der Waals surface area contributed by atoms with Gasteiger partial charge in [-0.05, 0) is 22.4 Å². The van der Waals surface area contributed by atoms with Crippen molar-refractivity contribution in [1.82, 2.24) is 9.97 Å². The summed E-state index contributed by atoms with van der Waals surface area (Å²) in [5.41, 5.74) is 0. The minimum Gasteiger partial charge on any atom is -0.390 e. The zero-order chi connectivity index (χ0) is 13.6. The Hall–Kier alpha value is -1.02. The molecule has 0 radical (unpaired) electrons. The molecule has 0 aliphatic carbocycles. The lowest BCUT2D eigenvalue weighted by Gasteiger charge is -2.15. The zero-order valence-corrected chi connectivity index (χ0v) is 11.5. The van der Waals surface area contributed by atoms with Crippen molar-refractivity contribution in [3.8, 4) is 0 Å². The van der Waals surface area contributed by atoms with E-state index in [4.69, 9.17) is 5.11 Å². The van der Waals surface area contributed by atoms with Crippen molar-refractivity contribution in [2.24, 2.45) is 0 Å². The van der Waals surface area contributed by atoms with E-state index in [-0.39, 0.29) is 5.82 Å². The largest absolute Gasteiger partial charge is 0.390 e. The first kappa shape index (κ1) is 15.0. The summed E-state index contributed by atoms with van der Waals surface area (Å²) in [6.45, 7) is 0.802. The summed E-state index contributed by atoms with van der Waals surface area (Å²) < 4.78 is 26.3. The highest BCUT2D eigenvalue weighted by molar-refractivity contribution is 9.10. The molecule has 0 unspecified atom stereocenters. The third-order valence-corrected chi connectivity index (χ3v) is 2.60. The average Bonchev–Trinajstić information content (AvgIpc) is 2.36. The first-order chi connectivity index (χ1) is 8.48. The van der Waals surface area contributed by atoms with Crippen LogP contribution >= 0.6 is 15.9 Å². The summed E-state index contributed by atoms with van der Waals surface area (Å²) in [4.78, 5) is 8.05. The quantitative estimate of drug-likeness (QED) is 0.716. The number of aromatic nitrogens is 2. The van der Waals surface area contributed by atoms with E-state index < -0.39 is 19.1 Å². The van der Waals surface area contributed by atoms with Crippen LogP contribution in [0, 0.1) is 0 Å². The number of hydrogen-bond acceptors (Lipinski definition) is 5. The van der Waals surface area contributed by atoms with Gasteiger partial charge in [-0.15, -0.1) is 0 Å². The second kappa shape index (κ2) is 6.79. The summed E-state index contributed by atoms with van der Waals surface area (Å²) in [6, 6.07) is 0. The predicted octanol–water partition coefficient (Wildman–Crippen LogP) is 2.10. The fourth-order valence-corrected chi connectivity index (χ4v) is 1.41. The van der Waals surface area contributed by atoms with Gasteiger partial charge in [0, 0.05) is 12.7 Å². The Morgan fingerprint density at radius 2 is 2.17 bits per heavy atom. The lowest BCUT2D eigenvalue weighted by Crippen LogP contribution is -2.31. The number of alkyl halides is 2. The van der Waals surface area contributed by atoms with Crippen LogP contribution in [-0.4, -0.2) is 40.7 Å². The van der Waals surface area contributed by atoms with E-state index in [1.165, 1.54) is 6.20 Å². The molecule has 0 saturated carbocycles. The summed E-state index contributed by atoms with van der Waals surface area (Å²) >= 11 is 3.17. The molecule has 1 aromatic heterocycles. The van der Waals surface area contributed by atoms with E-state index in [1.807, 2.05) is 6.92 Å². The van der Waals surface area contributed by atoms with Crippen LogP contribution in [0.25, 0.3) is 0 Å². The van der Waals surface area contributed by atoms with Crippen LogP contribution in [0.4, 0.5) is 20.5 Å². The Bertz CT molecular complexity index is 392. The molecule has 0 aromatic carbocycles. The molecule has 0 saturated heterocycles. The van der Waals surface area contributed by atoms with Crippen molar-refractivity contribution < 1.29 is 13.9 Å². The number of halogens is 3. The number of aliphatic hydroxyl groups is 1. The van der Waals surface area contributed by atoms with Gasteiger partial charge in [0.2, 0.25) is 5.95 Å². The van der Waals surface area contributed by atoms with E-state index in [0.29, 0.717) is 17.0 Å². The Balaban J connectivity index is 2.69. The summed E-state index contributed by atoms with van der Waals surface area (Å²) in [7, 11) is 0. The molecular formula is C10H15BrF2N4O. The molecule has 0 bridgehead atoms. The zero-order valence-electron chi connectivity index (χ0n) is 9.88. The number of rotatable bonds is 7. The Morgan fingerprint density at radius 1 is 1.44 bits per heavy atom. The molecule has 8 heteroatoms. The van der Waals surface area contributed by atoms with E-state index in [2.05, 4.69) is 36.5 Å². The Morgan fingerprint density at radius 3 is 2.78 bits per heavy atom. The second-order valence-corrected chi connectivity index (χ2v) is 4.54. The molecule has 1 rings (SSSR count). The second-order valence-electron chi connectivity index (χ2n) is 3.68. The first-order valence-electron chi connectivity index (χ1n) is 5.47. The van der Waals surface area contributed by atoms with Crippen molar-refractivity contribution in [3.63, 3.8) is 0 Å². The first-order valence-corrected chi connectivity index (χ1v) is 6.27. The van der Waals surface area contributed by atoms with Gasteiger partial charge in [0.25, 0.3) is 5.92 Å². The number of nitrogens with zero attached hydrogens (tertiary/aromatic N) is 2. The monoisotopic (exact) mass is 324 g/mol. The van der Waals surface area contributed by atoms with E-state index in [1.54, 1.807) is 0 Å². The highest BCUT2D eigenvalue weighted by atomic mass is 79.9. The third kappa shape index (κ3) is 4.69. The van der Waals surface area contributed by atoms with Gasteiger partial charge in [0.15, 0.2) is 0 Å². The normalized spacial score (nSPS) is 11.4. The molecule has 0 aliphatic heterocycles. The lowest BCUT2D eigenvalue weighted by molar-refractivity contribution is -0.0373. The Labute approximate surface area is 112 Å². The van der Waals surface area contributed by atoms with E-state index in [9.17, 15) is 8.78 Å². The van der Waals surface area contributed by atoms with Crippen LogP contribution in [0.15, 0.2) is 10.7 Å². The van der Waals surface area contributed by atoms with Gasteiger partial charge in [-0.2, -0.15) is 4.98 Å². The van der Waals surface area contributed by atoms with Crippen molar-refractivity contribution in [1.29, 1.82) is 0 Å². The summed E-state index contributed by atoms with van der Waals surface area (Å²) in [5.74, 6) is -2.55. The van der Waals surface area contributed by atoms with E-state index >= 15 is 0 Å². The van der Waals surface area contributed by atoms with Gasteiger partial charge in [0.1, 0.15) is 12.4 Å². The standard InChI is InChI=1S/C10H15BrF2N4O/c1-2-3-14-9-15-4-7(11)8(17-9)16-5-10(12,13)6-18/h4,18H,2-3,5-6H2,1H3,(H2,14,15,16,17). The smallest absolute Gasteiger partial charge is 0.287 e. The van der Waals surface area contributed by atoms with Crippen LogP contribution in [-0.2, 0) is 0 Å². The number of nitrogens with one attached hydrogen (secondary N) is 2. The molecule has 3 N–H and O–H groups in total. The molecule has 1 heterocycles. The van der Waals surface area contributed by atoms with Crippen molar-refractivity contribution in [3.05, 3.63) is 10.7 Å². The van der Waals surface area contributed by atoms with Crippen LogP contribution in [0.2, 0.25) is 0 Å². The number of aliphatic hydroxyl groups excluding tert-OH is 1. The van der Waals surface area contributed by atoms with Crippen LogP contribution in [0.1, 0.15) is 13.3 Å². The molecule has 1 aromatic rings. The van der Waals surface area contributed by atoms with E-state index in [0.717, 1.165) is 6.42 Å². The Kier molecular flexibility index (Phi) is 5.67. The van der Waals surface area contributed by atoms with Gasteiger partial charge in [-0.25, -0.2) is 13.8 Å². The molecule has 0 atom stereocenters. The van der Waals surface area contributed by atoms with Crippen LogP contribution < -0.4 is 10.6 Å². The maximum absolute atomic E-state index is 12.9. The molecule has 5 nitrogen and oxygen atoms in total. The fraction of sp³-hybridized carbons (Fsp3) is 0.600. The maximum atomic E-state index is 12.9.